The summed E-state index contributed by atoms with van der Waals surface area (Å²) in [5.41, 5.74) is 2.20. The van der Waals surface area contributed by atoms with Crippen LogP contribution in [0.3, 0.4) is 0 Å². The predicted octanol–water partition coefficient (Wildman–Crippen LogP) is 4.31. The zero-order valence-electron chi connectivity index (χ0n) is 14.9. The minimum Gasteiger partial charge on any atom is -0.326 e. The van der Waals surface area contributed by atoms with Crippen molar-refractivity contribution >= 4 is 27.3 Å². The first-order valence-electron chi connectivity index (χ1n) is 8.94. The van der Waals surface area contributed by atoms with Gasteiger partial charge >= 0.3 is 0 Å². The van der Waals surface area contributed by atoms with Crippen LogP contribution in [0.25, 0.3) is 0 Å². The minimum atomic E-state index is -3.65. The van der Waals surface area contributed by atoms with Crippen LogP contribution in [0, 0.1) is 12.8 Å². The summed E-state index contributed by atoms with van der Waals surface area (Å²) in [7, 11) is -3.65. The van der Waals surface area contributed by atoms with Gasteiger partial charge in [-0.25, -0.2) is 8.42 Å². The maximum absolute atomic E-state index is 12.5. The number of hydrogen-bond donors (Lipinski definition) is 2. The fraction of sp³-hybridized carbons (Fsp3) is 0.350. The third-order valence-electron chi connectivity index (χ3n) is 4.71. The summed E-state index contributed by atoms with van der Waals surface area (Å²) in [5, 5.41) is 2.89. The molecule has 6 heteroatoms. The van der Waals surface area contributed by atoms with Crippen LogP contribution in [0.4, 0.5) is 11.4 Å². The SMILES string of the molecule is Cc1ccc(NS(=O)(=O)c2ccc(NC(=O)C3CCCCC3)cc2)cc1. The van der Waals surface area contributed by atoms with Gasteiger partial charge in [-0.15, -0.1) is 0 Å². The number of rotatable bonds is 5. The minimum absolute atomic E-state index is 0.0260. The van der Waals surface area contributed by atoms with Gasteiger partial charge in [-0.3, -0.25) is 9.52 Å². The van der Waals surface area contributed by atoms with Gasteiger partial charge < -0.3 is 5.32 Å². The van der Waals surface area contributed by atoms with E-state index in [4.69, 9.17) is 0 Å². The summed E-state index contributed by atoms with van der Waals surface area (Å²) in [6.45, 7) is 1.94. The van der Waals surface area contributed by atoms with Gasteiger partial charge in [-0.1, -0.05) is 37.0 Å². The Morgan fingerprint density at radius 1 is 0.885 bits per heavy atom. The Kier molecular flexibility index (Phi) is 5.61. The van der Waals surface area contributed by atoms with Crippen molar-refractivity contribution in [2.45, 2.75) is 43.9 Å². The molecule has 2 N–H and O–H groups in total. The Morgan fingerprint density at radius 2 is 1.46 bits per heavy atom. The molecule has 0 aromatic heterocycles. The van der Waals surface area contributed by atoms with E-state index >= 15 is 0 Å². The second-order valence-corrected chi connectivity index (χ2v) is 8.50. The summed E-state index contributed by atoms with van der Waals surface area (Å²) in [5.74, 6) is 0.0912. The lowest BCUT2D eigenvalue weighted by atomic mass is 9.88. The van der Waals surface area contributed by atoms with E-state index in [0.717, 1.165) is 31.2 Å². The van der Waals surface area contributed by atoms with Crippen molar-refractivity contribution in [2.75, 3.05) is 10.0 Å². The van der Waals surface area contributed by atoms with Gasteiger partial charge in [0.1, 0.15) is 0 Å². The first-order valence-corrected chi connectivity index (χ1v) is 10.4. The molecule has 1 aliphatic carbocycles. The zero-order chi connectivity index (χ0) is 18.6. The molecular formula is C20H24N2O3S. The standard InChI is InChI=1S/C20H24N2O3S/c1-15-7-9-18(10-8-15)22-26(24,25)19-13-11-17(12-14-19)21-20(23)16-5-3-2-4-6-16/h7-14,16,22H,2-6H2,1H3,(H,21,23). The highest BCUT2D eigenvalue weighted by molar-refractivity contribution is 7.92. The Bertz CT molecular complexity index is 853. The van der Waals surface area contributed by atoms with Crippen LogP contribution in [-0.4, -0.2) is 14.3 Å². The number of amides is 1. The Morgan fingerprint density at radius 3 is 2.08 bits per heavy atom. The summed E-state index contributed by atoms with van der Waals surface area (Å²) in [4.78, 5) is 12.4. The molecule has 2 aromatic rings. The van der Waals surface area contributed by atoms with Gasteiger partial charge in [0.05, 0.1) is 4.90 Å². The number of carbonyl (C=O) groups is 1. The molecule has 26 heavy (non-hydrogen) atoms. The fourth-order valence-electron chi connectivity index (χ4n) is 3.16. The maximum Gasteiger partial charge on any atom is 0.261 e. The topological polar surface area (TPSA) is 75.3 Å². The van der Waals surface area contributed by atoms with Gasteiger partial charge in [0.2, 0.25) is 5.91 Å². The van der Waals surface area contributed by atoms with Crippen LogP contribution >= 0.6 is 0 Å². The van der Waals surface area contributed by atoms with Gasteiger partial charge in [0.15, 0.2) is 0 Å². The lowest BCUT2D eigenvalue weighted by molar-refractivity contribution is -0.120. The maximum atomic E-state index is 12.5. The molecule has 138 valence electrons. The summed E-state index contributed by atoms with van der Waals surface area (Å²) >= 11 is 0. The van der Waals surface area contributed by atoms with Gasteiger partial charge in [-0.2, -0.15) is 0 Å². The number of nitrogens with one attached hydrogen (secondary N) is 2. The number of aryl methyl sites for hydroxylation is 1. The first-order chi connectivity index (χ1) is 12.4. The Labute approximate surface area is 154 Å². The van der Waals surface area contributed by atoms with Gasteiger partial charge in [0, 0.05) is 17.3 Å². The molecule has 1 amide bonds. The smallest absolute Gasteiger partial charge is 0.261 e. The molecule has 0 bridgehead atoms. The quantitative estimate of drug-likeness (QED) is 0.821. The molecule has 0 aliphatic heterocycles. The molecule has 0 heterocycles. The lowest BCUT2D eigenvalue weighted by Gasteiger charge is -2.20. The highest BCUT2D eigenvalue weighted by atomic mass is 32.2. The zero-order valence-corrected chi connectivity index (χ0v) is 15.7. The largest absolute Gasteiger partial charge is 0.326 e. The first kappa shape index (κ1) is 18.5. The molecule has 0 spiro atoms. The number of benzene rings is 2. The van der Waals surface area contributed by atoms with Crippen molar-refractivity contribution in [2.24, 2.45) is 5.92 Å². The second kappa shape index (κ2) is 7.91. The number of carbonyl (C=O) groups excluding carboxylic acids is 1. The van der Waals surface area contributed by atoms with E-state index in [1.807, 2.05) is 19.1 Å². The van der Waals surface area contributed by atoms with Crippen LogP contribution in [0.1, 0.15) is 37.7 Å². The van der Waals surface area contributed by atoms with Crippen molar-refractivity contribution in [1.82, 2.24) is 0 Å². The summed E-state index contributed by atoms with van der Waals surface area (Å²) < 4.78 is 27.5. The molecule has 1 saturated carbocycles. The van der Waals surface area contributed by atoms with Crippen molar-refractivity contribution in [1.29, 1.82) is 0 Å². The van der Waals surface area contributed by atoms with E-state index in [1.54, 1.807) is 24.3 Å². The van der Waals surface area contributed by atoms with Gasteiger partial charge in [0.25, 0.3) is 10.0 Å². The normalized spacial score (nSPS) is 15.4. The van der Waals surface area contributed by atoms with E-state index in [0.29, 0.717) is 11.4 Å². The van der Waals surface area contributed by atoms with E-state index in [-0.39, 0.29) is 16.7 Å². The molecule has 0 atom stereocenters. The van der Waals surface area contributed by atoms with E-state index in [2.05, 4.69) is 10.0 Å². The van der Waals surface area contributed by atoms with E-state index < -0.39 is 10.0 Å². The third-order valence-corrected chi connectivity index (χ3v) is 6.11. The molecule has 1 fully saturated rings. The Balaban J connectivity index is 1.66. The lowest BCUT2D eigenvalue weighted by Crippen LogP contribution is -2.24. The number of anilines is 2. The van der Waals surface area contributed by atoms with E-state index in [1.165, 1.54) is 18.6 Å². The number of sulfonamides is 1. The Hall–Kier alpha value is -2.34. The van der Waals surface area contributed by atoms with Crippen LogP contribution in [0.15, 0.2) is 53.4 Å². The molecule has 0 unspecified atom stereocenters. The highest BCUT2D eigenvalue weighted by Gasteiger charge is 2.21. The van der Waals surface area contributed by atoms with Crippen LogP contribution in [0.2, 0.25) is 0 Å². The van der Waals surface area contributed by atoms with Crippen molar-refractivity contribution in [3.63, 3.8) is 0 Å². The van der Waals surface area contributed by atoms with Crippen molar-refractivity contribution in [3.8, 4) is 0 Å². The molecule has 1 aliphatic rings. The van der Waals surface area contributed by atoms with Crippen LogP contribution < -0.4 is 10.0 Å². The predicted molar refractivity (Wildman–Crippen MR) is 104 cm³/mol. The fourth-order valence-corrected chi connectivity index (χ4v) is 4.22. The molecule has 0 saturated heterocycles. The van der Waals surface area contributed by atoms with Crippen molar-refractivity contribution < 1.29 is 13.2 Å². The monoisotopic (exact) mass is 372 g/mol. The van der Waals surface area contributed by atoms with Crippen molar-refractivity contribution in [3.05, 3.63) is 54.1 Å². The molecule has 2 aromatic carbocycles. The summed E-state index contributed by atoms with van der Waals surface area (Å²) in [6, 6.07) is 13.4. The van der Waals surface area contributed by atoms with E-state index in [9.17, 15) is 13.2 Å². The molecule has 0 radical (unpaired) electrons. The number of hydrogen-bond acceptors (Lipinski definition) is 3. The summed E-state index contributed by atoms with van der Waals surface area (Å²) in [6.07, 6.45) is 5.25. The molecule has 5 nitrogen and oxygen atoms in total. The molecule has 3 rings (SSSR count). The molecular weight excluding hydrogens is 348 g/mol. The third kappa shape index (κ3) is 4.64. The van der Waals surface area contributed by atoms with Crippen LogP contribution in [0.5, 0.6) is 0 Å². The highest BCUT2D eigenvalue weighted by Crippen LogP contribution is 2.25. The average molecular weight is 372 g/mol. The second-order valence-electron chi connectivity index (χ2n) is 6.82. The van der Waals surface area contributed by atoms with Gasteiger partial charge in [-0.05, 0) is 56.2 Å². The van der Waals surface area contributed by atoms with Crippen LogP contribution in [-0.2, 0) is 14.8 Å². The average Bonchev–Trinajstić information content (AvgIpc) is 2.64.